The minimum absolute atomic E-state index is 0.0915. The zero-order chi connectivity index (χ0) is 15.6. The first-order chi connectivity index (χ1) is 9.93. The van der Waals surface area contributed by atoms with Gasteiger partial charge in [-0.3, -0.25) is 0 Å². The van der Waals surface area contributed by atoms with Gasteiger partial charge in [0.15, 0.2) is 0 Å². The van der Waals surface area contributed by atoms with Gasteiger partial charge in [-0.2, -0.15) is 5.26 Å². The highest BCUT2D eigenvalue weighted by Crippen LogP contribution is 2.26. The van der Waals surface area contributed by atoms with Gasteiger partial charge in [0.25, 0.3) is 0 Å². The molecule has 0 aliphatic carbocycles. The summed E-state index contributed by atoms with van der Waals surface area (Å²) in [5.74, 6) is -1.10. The summed E-state index contributed by atoms with van der Waals surface area (Å²) in [5.41, 5.74) is 0.686. The van der Waals surface area contributed by atoms with Crippen molar-refractivity contribution in [3.63, 3.8) is 0 Å². The molecule has 6 nitrogen and oxygen atoms in total. The number of urea groups is 1. The number of nitrogens with one attached hydrogen (secondary N) is 1. The van der Waals surface area contributed by atoms with Crippen molar-refractivity contribution >= 4 is 33.6 Å². The van der Waals surface area contributed by atoms with Crippen LogP contribution >= 0.6 is 15.9 Å². The van der Waals surface area contributed by atoms with Crippen LogP contribution in [0.1, 0.15) is 18.9 Å². The van der Waals surface area contributed by atoms with E-state index in [1.54, 1.807) is 18.2 Å². The van der Waals surface area contributed by atoms with Gasteiger partial charge in [-0.1, -0.05) is 22.9 Å². The van der Waals surface area contributed by atoms with E-state index >= 15 is 0 Å². The lowest BCUT2D eigenvalue weighted by Crippen LogP contribution is -2.44. The Hall–Kier alpha value is -2.07. The second-order valence-corrected chi connectivity index (χ2v) is 5.89. The van der Waals surface area contributed by atoms with Gasteiger partial charge in [0.05, 0.1) is 11.3 Å². The summed E-state index contributed by atoms with van der Waals surface area (Å²) in [4.78, 5) is 24.9. The first-order valence-electron chi connectivity index (χ1n) is 6.44. The molecule has 0 saturated carbocycles. The third-order valence-electron chi connectivity index (χ3n) is 3.56. The lowest BCUT2D eigenvalue weighted by molar-refractivity contribution is -0.142. The van der Waals surface area contributed by atoms with Crippen LogP contribution in [0.5, 0.6) is 0 Å². The molecule has 1 aromatic rings. The van der Waals surface area contributed by atoms with Gasteiger partial charge in [-0.05, 0) is 30.5 Å². The number of halogens is 1. The van der Waals surface area contributed by atoms with E-state index in [1.165, 1.54) is 4.90 Å². The number of carboxylic acids is 1. The molecule has 2 amide bonds. The highest BCUT2D eigenvalue weighted by molar-refractivity contribution is 9.10. The van der Waals surface area contributed by atoms with E-state index in [4.69, 9.17) is 5.26 Å². The maximum atomic E-state index is 12.3. The van der Waals surface area contributed by atoms with Crippen LogP contribution < -0.4 is 5.32 Å². The van der Waals surface area contributed by atoms with Crippen molar-refractivity contribution in [2.75, 3.05) is 11.9 Å². The Morgan fingerprint density at radius 1 is 1.52 bits per heavy atom. The summed E-state index contributed by atoms with van der Waals surface area (Å²) in [7, 11) is 0. The highest BCUT2D eigenvalue weighted by atomic mass is 79.9. The Morgan fingerprint density at radius 2 is 2.24 bits per heavy atom. The molecule has 1 saturated heterocycles. The number of benzene rings is 1. The van der Waals surface area contributed by atoms with Gasteiger partial charge in [-0.25, -0.2) is 9.59 Å². The number of carbonyl (C=O) groups is 2. The minimum Gasteiger partial charge on any atom is -0.480 e. The Kier molecular flexibility index (Phi) is 4.48. The normalized spacial score (nSPS) is 20.9. The molecule has 21 heavy (non-hydrogen) atoms. The monoisotopic (exact) mass is 351 g/mol. The number of hydrogen-bond donors (Lipinski definition) is 2. The first kappa shape index (κ1) is 15.3. The molecule has 1 aromatic carbocycles. The van der Waals surface area contributed by atoms with Crippen LogP contribution in [-0.4, -0.2) is 34.6 Å². The third-order valence-corrected chi connectivity index (χ3v) is 4.05. The fourth-order valence-electron chi connectivity index (χ4n) is 2.46. The molecule has 2 atom stereocenters. The lowest BCUT2D eigenvalue weighted by atomic mass is 10.0. The molecule has 1 fully saturated rings. The number of aliphatic carboxylic acids is 1. The molecule has 1 aliphatic rings. The average Bonchev–Trinajstić information content (AvgIpc) is 2.81. The van der Waals surface area contributed by atoms with Crippen LogP contribution in [0, 0.1) is 17.2 Å². The van der Waals surface area contributed by atoms with Crippen LogP contribution in [0.15, 0.2) is 22.7 Å². The molecule has 0 spiro atoms. The van der Waals surface area contributed by atoms with Crippen molar-refractivity contribution in [2.45, 2.75) is 19.4 Å². The number of rotatable bonds is 2. The Labute approximate surface area is 130 Å². The molecule has 0 bridgehead atoms. The zero-order valence-corrected chi connectivity index (χ0v) is 12.9. The van der Waals surface area contributed by atoms with E-state index < -0.39 is 18.0 Å². The van der Waals surface area contributed by atoms with E-state index in [9.17, 15) is 14.7 Å². The zero-order valence-electron chi connectivity index (χ0n) is 11.3. The SMILES string of the molecule is CC1CCN(C(=O)Nc2cc(Br)ccc2C#N)C1C(=O)O. The predicted molar refractivity (Wildman–Crippen MR) is 79.8 cm³/mol. The number of nitriles is 1. The van der Waals surface area contributed by atoms with E-state index in [0.29, 0.717) is 24.2 Å². The quantitative estimate of drug-likeness (QED) is 0.856. The van der Waals surface area contributed by atoms with Gasteiger partial charge in [0, 0.05) is 11.0 Å². The number of carbonyl (C=O) groups excluding carboxylic acids is 1. The third kappa shape index (κ3) is 3.16. The fourth-order valence-corrected chi connectivity index (χ4v) is 2.82. The summed E-state index contributed by atoms with van der Waals surface area (Å²) in [6.07, 6.45) is 0.647. The number of hydrogen-bond acceptors (Lipinski definition) is 3. The van der Waals surface area contributed by atoms with Crippen LogP contribution in [0.25, 0.3) is 0 Å². The number of carboxylic acid groups (broad SMARTS) is 1. The van der Waals surface area contributed by atoms with Crippen molar-refractivity contribution in [1.29, 1.82) is 5.26 Å². The van der Waals surface area contributed by atoms with Crippen molar-refractivity contribution < 1.29 is 14.7 Å². The molecule has 2 N–H and O–H groups in total. The van der Waals surface area contributed by atoms with Gasteiger partial charge in [0.2, 0.25) is 0 Å². The van der Waals surface area contributed by atoms with E-state index in [2.05, 4.69) is 21.2 Å². The summed E-state index contributed by atoms with van der Waals surface area (Å²) in [5, 5.41) is 20.9. The van der Waals surface area contributed by atoms with Crippen LogP contribution in [-0.2, 0) is 4.79 Å². The second-order valence-electron chi connectivity index (χ2n) is 4.97. The van der Waals surface area contributed by atoms with E-state index in [-0.39, 0.29) is 5.92 Å². The molecule has 2 rings (SSSR count). The highest BCUT2D eigenvalue weighted by Gasteiger charge is 2.39. The largest absolute Gasteiger partial charge is 0.480 e. The predicted octanol–water partition coefficient (Wildman–Crippen LogP) is 2.65. The van der Waals surface area contributed by atoms with E-state index in [0.717, 1.165) is 4.47 Å². The molecule has 0 aromatic heterocycles. The number of likely N-dealkylation sites (tertiary alicyclic amines) is 1. The first-order valence-corrected chi connectivity index (χ1v) is 7.23. The molecule has 2 unspecified atom stereocenters. The molecular formula is C14H14BrN3O3. The topological polar surface area (TPSA) is 93.4 Å². The Balaban J connectivity index is 2.21. The minimum atomic E-state index is -1.01. The maximum Gasteiger partial charge on any atom is 0.326 e. The number of nitrogens with zero attached hydrogens (tertiary/aromatic N) is 2. The molecule has 1 heterocycles. The Bertz CT molecular complexity index is 626. The van der Waals surface area contributed by atoms with Gasteiger partial charge >= 0.3 is 12.0 Å². The molecular weight excluding hydrogens is 338 g/mol. The molecule has 7 heteroatoms. The van der Waals surface area contributed by atoms with Crippen LogP contribution in [0.2, 0.25) is 0 Å². The summed E-state index contributed by atoms with van der Waals surface area (Å²) in [6, 6.07) is 5.56. The smallest absolute Gasteiger partial charge is 0.326 e. The maximum absolute atomic E-state index is 12.3. The standard InChI is InChI=1S/C14H14BrN3O3/c1-8-4-5-18(12(8)13(19)20)14(21)17-11-6-10(15)3-2-9(11)7-16/h2-3,6,8,12H,4-5H2,1H3,(H,17,21)(H,19,20). The van der Waals surface area contributed by atoms with Gasteiger partial charge in [0.1, 0.15) is 12.1 Å². The Morgan fingerprint density at radius 3 is 2.86 bits per heavy atom. The van der Waals surface area contributed by atoms with Crippen molar-refractivity contribution in [1.82, 2.24) is 4.90 Å². The fraction of sp³-hybridized carbons (Fsp3) is 0.357. The average molecular weight is 352 g/mol. The number of anilines is 1. The van der Waals surface area contributed by atoms with Crippen molar-refractivity contribution in [3.05, 3.63) is 28.2 Å². The molecule has 110 valence electrons. The van der Waals surface area contributed by atoms with E-state index in [1.807, 2.05) is 13.0 Å². The van der Waals surface area contributed by atoms with Crippen molar-refractivity contribution in [3.8, 4) is 6.07 Å². The van der Waals surface area contributed by atoms with Gasteiger partial charge in [-0.15, -0.1) is 0 Å². The number of amides is 2. The summed E-state index contributed by atoms with van der Waals surface area (Å²) in [6.45, 7) is 2.20. The lowest BCUT2D eigenvalue weighted by Gasteiger charge is -2.23. The van der Waals surface area contributed by atoms with Crippen LogP contribution in [0.4, 0.5) is 10.5 Å². The summed E-state index contributed by atoms with van der Waals surface area (Å²) >= 11 is 3.28. The van der Waals surface area contributed by atoms with Crippen LogP contribution in [0.3, 0.4) is 0 Å². The van der Waals surface area contributed by atoms with Crippen molar-refractivity contribution in [2.24, 2.45) is 5.92 Å². The molecule has 0 radical (unpaired) electrons. The van der Waals surface area contributed by atoms with Gasteiger partial charge < -0.3 is 15.3 Å². The summed E-state index contributed by atoms with van der Waals surface area (Å²) < 4.78 is 0.723. The molecule has 1 aliphatic heterocycles. The second kappa shape index (κ2) is 6.14.